The summed E-state index contributed by atoms with van der Waals surface area (Å²) in [5, 5.41) is 3.68. The first-order chi connectivity index (χ1) is 13.4. The van der Waals surface area contributed by atoms with E-state index in [0.29, 0.717) is 13.2 Å². The van der Waals surface area contributed by atoms with Gasteiger partial charge in [0.2, 0.25) is 0 Å². The summed E-state index contributed by atoms with van der Waals surface area (Å²) in [5.41, 5.74) is 5.41. The van der Waals surface area contributed by atoms with Crippen molar-refractivity contribution in [1.29, 1.82) is 0 Å². The highest BCUT2D eigenvalue weighted by molar-refractivity contribution is 5.86. The molecule has 1 aromatic heterocycles. The molecule has 5 heteroatoms. The zero-order valence-corrected chi connectivity index (χ0v) is 14.6. The van der Waals surface area contributed by atoms with Gasteiger partial charge in [-0.1, -0.05) is 30.3 Å². The van der Waals surface area contributed by atoms with E-state index in [-0.39, 0.29) is 6.17 Å². The molecule has 4 aromatic rings. The van der Waals surface area contributed by atoms with Crippen LogP contribution in [0.2, 0.25) is 0 Å². The van der Waals surface area contributed by atoms with Gasteiger partial charge in [-0.3, -0.25) is 4.57 Å². The van der Waals surface area contributed by atoms with Crippen LogP contribution in [0, 0.1) is 0 Å². The fourth-order valence-corrected chi connectivity index (χ4v) is 3.97. The van der Waals surface area contributed by atoms with Crippen LogP contribution in [0.4, 0.5) is 5.69 Å². The van der Waals surface area contributed by atoms with E-state index < -0.39 is 0 Å². The zero-order valence-electron chi connectivity index (χ0n) is 14.6. The summed E-state index contributed by atoms with van der Waals surface area (Å²) in [7, 11) is 0. The number of nitrogens with one attached hydrogen (secondary N) is 1. The smallest absolute Gasteiger partial charge is 0.161 e. The van der Waals surface area contributed by atoms with Gasteiger partial charge >= 0.3 is 0 Å². The first kappa shape index (κ1) is 14.7. The lowest BCUT2D eigenvalue weighted by Crippen LogP contribution is -2.25. The van der Waals surface area contributed by atoms with Crippen molar-refractivity contribution in [1.82, 2.24) is 9.55 Å². The van der Waals surface area contributed by atoms with Crippen LogP contribution in [-0.4, -0.2) is 22.8 Å². The second-order valence-corrected chi connectivity index (χ2v) is 6.79. The Morgan fingerprint density at radius 1 is 0.889 bits per heavy atom. The molecule has 2 aliphatic rings. The average molecular weight is 355 g/mol. The third kappa shape index (κ3) is 2.15. The van der Waals surface area contributed by atoms with Crippen LogP contribution in [0.3, 0.4) is 0 Å². The summed E-state index contributed by atoms with van der Waals surface area (Å²) in [6, 6.07) is 22.7. The van der Waals surface area contributed by atoms with E-state index in [1.165, 1.54) is 0 Å². The molecular formula is C22H17N3O2. The number of rotatable bonds is 1. The Morgan fingerprint density at radius 3 is 2.67 bits per heavy atom. The Labute approximate surface area is 156 Å². The molecule has 1 N–H and O–H groups in total. The maximum Gasteiger partial charge on any atom is 0.161 e. The fraction of sp³-hybridized carbons (Fsp3) is 0.136. The SMILES string of the molecule is c1ccc2c(c1)N[C@@H](c1ccc3c(c1)OCCO3)n1c-2nc2ccccc21. The number of benzene rings is 3. The first-order valence-electron chi connectivity index (χ1n) is 9.11. The van der Waals surface area contributed by atoms with Crippen LogP contribution < -0.4 is 14.8 Å². The van der Waals surface area contributed by atoms with Crippen molar-refractivity contribution in [3.05, 3.63) is 72.3 Å². The minimum atomic E-state index is -0.0712. The molecule has 0 spiro atoms. The Balaban J connectivity index is 1.59. The largest absolute Gasteiger partial charge is 0.486 e. The molecule has 0 saturated heterocycles. The molecule has 3 heterocycles. The van der Waals surface area contributed by atoms with Gasteiger partial charge in [-0.15, -0.1) is 0 Å². The summed E-state index contributed by atoms with van der Waals surface area (Å²) in [5.74, 6) is 2.58. The molecule has 3 aromatic carbocycles. The van der Waals surface area contributed by atoms with Crippen LogP contribution in [-0.2, 0) is 0 Å². The normalized spacial score (nSPS) is 17.1. The molecule has 6 rings (SSSR count). The number of imidazole rings is 1. The zero-order chi connectivity index (χ0) is 17.8. The Bertz CT molecular complexity index is 1180. The van der Waals surface area contributed by atoms with E-state index in [0.717, 1.165) is 45.2 Å². The molecule has 5 nitrogen and oxygen atoms in total. The molecule has 0 unspecified atom stereocenters. The minimum Gasteiger partial charge on any atom is -0.486 e. The molecule has 0 fully saturated rings. The number of hydrogen-bond donors (Lipinski definition) is 1. The Morgan fingerprint density at radius 2 is 1.70 bits per heavy atom. The quantitative estimate of drug-likeness (QED) is 0.548. The topological polar surface area (TPSA) is 48.3 Å². The maximum atomic E-state index is 5.80. The summed E-state index contributed by atoms with van der Waals surface area (Å²) in [4.78, 5) is 4.92. The van der Waals surface area contributed by atoms with Crippen molar-refractivity contribution >= 4 is 16.7 Å². The van der Waals surface area contributed by atoms with Crippen LogP contribution in [0.1, 0.15) is 11.7 Å². The number of ether oxygens (including phenoxy) is 2. The molecule has 0 bridgehead atoms. The van der Waals surface area contributed by atoms with Crippen molar-refractivity contribution < 1.29 is 9.47 Å². The highest BCUT2D eigenvalue weighted by Gasteiger charge is 2.28. The van der Waals surface area contributed by atoms with Gasteiger partial charge in [-0.05, 0) is 42.0 Å². The Hall–Kier alpha value is -3.47. The summed E-state index contributed by atoms with van der Waals surface area (Å²) >= 11 is 0. The summed E-state index contributed by atoms with van der Waals surface area (Å²) in [6.45, 7) is 1.17. The predicted molar refractivity (Wildman–Crippen MR) is 104 cm³/mol. The lowest BCUT2D eigenvalue weighted by Gasteiger charge is -2.31. The minimum absolute atomic E-state index is 0.0712. The Kier molecular flexibility index (Phi) is 3.00. The molecule has 0 amide bonds. The van der Waals surface area contributed by atoms with Gasteiger partial charge in [-0.25, -0.2) is 4.98 Å². The van der Waals surface area contributed by atoms with Gasteiger partial charge in [-0.2, -0.15) is 0 Å². The van der Waals surface area contributed by atoms with E-state index in [2.05, 4.69) is 58.4 Å². The van der Waals surface area contributed by atoms with Crippen LogP contribution in [0.15, 0.2) is 66.7 Å². The highest BCUT2D eigenvalue weighted by atomic mass is 16.6. The highest BCUT2D eigenvalue weighted by Crippen LogP contribution is 2.42. The third-order valence-corrected chi connectivity index (χ3v) is 5.20. The average Bonchev–Trinajstić information content (AvgIpc) is 3.13. The van der Waals surface area contributed by atoms with Crippen molar-refractivity contribution in [3.8, 4) is 22.9 Å². The number of nitrogens with zero attached hydrogens (tertiary/aromatic N) is 2. The molecular weight excluding hydrogens is 338 g/mol. The third-order valence-electron chi connectivity index (χ3n) is 5.20. The van der Waals surface area contributed by atoms with E-state index in [1.807, 2.05) is 18.2 Å². The number of anilines is 1. The second-order valence-electron chi connectivity index (χ2n) is 6.79. The summed E-state index contributed by atoms with van der Waals surface area (Å²) < 4.78 is 13.8. The van der Waals surface area contributed by atoms with Crippen molar-refractivity contribution in [2.24, 2.45) is 0 Å². The first-order valence-corrected chi connectivity index (χ1v) is 9.11. The van der Waals surface area contributed by atoms with Crippen molar-refractivity contribution in [2.45, 2.75) is 6.17 Å². The van der Waals surface area contributed by atoms with Crippen molar-refractivity contribution in [3.63, 3.8) is 0 Å². The van der Waals surface area contributed by atoms with E-state index >= 15 is 0 Å². The molecule has 0 aliphatic carbocycles. The maximum absolute atomic E-state index is 5.80. The fourth-order valence-electron chi connectivity index (χ4n) is 3.97. The van der Waals surface area contributed by atoms with Crippen LogP contribution in [0.5, 0.6) is 11.5 Å². The summed E-state index contributed by atoms with van der Waals surface area (Å²) in [6.07, 6.45) is -0.0712. The number of para-hydroxylation sites is 3. The van der Waals surface area contributed by atoms with Gasteiger partial charge in [0.15, 0.2) is 11.5 Å². The van der Waals surface area contributed by atoms with Gasteiger partial charge in [0, 0.05) is 11.3 Å². The lowest BCUT2D eigenvalue weighted by atomic mass is 10.0. The standard InChI is InChI=1S/C22H17N3O2/c1-2-6-16-15(5-1)22-24-17-7-3-4-8-18(17)25(22)21(23-16)14-9-10-19-20(13-14)27-12-11-26-19/h1-10,13,21,23H,11-12H2/t21-/m1/s1. The van der Waals surface area contributed by atoms with E-state index in [1.54, 1.807) is 0 Å². The monoisotopic (exact) mass is 355 g/mol. The molecule has 1 atom stereocenters. The molecule has 27 heavy (non-hydrogen) atoms. The molecule has 2 aliphatic heterocycles. The number of fused-ring (bicyclic) bond motifs is 6. The van der Waals surface area contributed by atoms with E-state index in [4.69, 9.17) is 14.5 Å². The molecule has 0 radical (unpaired) electrons. The molecule has 0 saturated carbocycles. The number of hydrogen-bond acceptors (Lipinski definition) is 4. The second kappa shape index (κ2) is 5.51. The van der Waals surface area contributed by atoms with Gasteiger partial charge in [0.1, 0.15) is 25.2 Å². The lowest BCUT2D eigenvalue weighted by molar-refractivity contribution is 0.171. The van der Waals surface area contributed by atoms with Gasteiger partial charge in [0.25, 0.3) is 0 Å². The van der Waals surface area contributed by atoms with Gasteiger partial charge < -0.3 is 14.8 Å². The predicted octanol–water partition coefficient (Wildman–Crippen LogP) is 4.45. The number of aromatic nitrogens is 2. The van der Waals surface area contributed by atoms with Gasteiger partial charge in [0.05, 0.1) is 11.0 Å². The van der Waals surface area contributed by atoms with Crippen LogP contribution >= 0.6 is 0 Å². The van der Waals surface area contributed by atoms with E-state index in [9.17, 15) is 0 Å². The van der Waals surface area contributed by atoms with Crippen LogP contribution in [0.25, 0.3) is 22.4 Å². The van der Waals surface area contributed by atoms with Crippen molar-refractivity contribution in [2.75, 3.05) is 18.5 Å². The molecule has 132 valence electrons.